The van der Waals surface area contributed by atoms with Gasteiger partial charge in [0.05, 0.1) is 11.0 Å². The summed E-state index contributed by atoms with van der Waals surface area (Å²) in [6.45, 7) is 5.41. The molecule has 0 unspecified atom stereocenters. The molecule has 2 aromatic carbocycles. The van der Waals surface area contributed by atoms with Gasteiger partial charge in [0.25, 0.3) is 11.8 Å². The highest BCUT2D eigenvalue weighted by molar-refractivity contribution is 6.07. The number of rotatable bonds is 3. The van der Waals surface area contributed by atoms with E-state index in [4.69, 9.17) is 0 Å². The summed E-state index contributed by atoms with van der Waals surface area (Å²) in [4.78, 5) is 29.7. The van der Waals surface area contributed by atoms with Gasteiger partial charge in [-0.1, -0.05) is 18.2 Å². The van der Waals surface area contributed by atoms with Crippen LogP contribution in [0.25, 0.3) is 21.9 Å². The third-order valence-corrected chi connectivity index (χ3v) is 5.36. The fraction of sp³-hybridized carbons (Fsp3) is 0.227. The lowest BCUT2D eigenvalue weighted by molar-refractivity contribution is 0.0928. The second-order valence-corrected chi connectivity index (χ2v) is 7.55. The first kappa shape index (κ1) is 17.5. The number of amides is 2. The molecule has 5 rings (SSSR count). The van der Waals surface area contributed by atoms with Crippen LogP contribution in [0, 0.1) is 0 Å². The number of anilines is 1. The van der Waals surface area contributed by atoms with Crippen LogP contribution in [0.5, 0.6) is 0 Å². The summed E-state index contributed by atoms with van der Waals surface area (Å²) in [6, 6.07) is 15.4. The van der Waals surface area contributed by atoms with Crippen molar-refractivity contribution in [3.63, 3.8) is 0 Å². The van der Waals surface area contributed by atoms with Gasteiger partial charge in [0.2, 0.25) is 5.95 Å². The Bertz CT molecular complexity index is 1280. The minimum Gasteiger partial charge on any atom is -0.349 e. The Morgan fingerprint density at radius 2 is 1.97 bits per heavy atom. The summed E-state index contributed by atoms with van der Waals surface area (Å²) >= 11 is 0. The van der Waals surface area contributed by atoms with Crippen LogP contribution in [-0.4, -0.2) is 32.5 Å². The Morgan fingerprint density at radius 3 is 2.79 bits per heavy atom. The molecule has 0 radical (unpaired) electrons. The molecule has 0 atom stereocenters. The van der Waals surface area contributed by atoms with E-state index in [2.05, 4.69) is 29.5 Å². The molecule has 29 heavy (non-hydrogen) atoms. The quantitative estimate of drug-likeness (QED) is 0.564. The lowest BCUT2D eigenvalue weighted by Crippen LogP contribution is -2.34. The van der Waals surface area contributed by atoms with Gasteiger partial charge in [-0.05, 0) is 44.2 Å². The highest BCUT2D eigenvalue weighted by Crippen LogP contribution is 2.26. The minimum absolute atomic E-state index is 0.0795. The zero-order valence-corrected chi connectivity index (χ0v) is 16.3. The molecule has 0 saturated carbocycles. The fourth-order valence-electron chi connectivity index (χ4n) is 4.03. The number of hydrogen-bond donors (Lipinski definition) is 2. The maximum atomic E-state index is 13.0. The van der Waals surface area contributed by atoms with Gasteiger partial charge < -0.3 is 14.5 Å². The van der Waals surface area contributed by atoms with Crippen molar-refractivity contribution in [2.75, 3.05) is 11.9 Å². The van der Waals surface area contributed by atoms with Crippen LogP contribution in [0.4, 0.5) is 5.95 Å². The molecule has 146 valence electrons. The van der Waals surface area contributed by atoms with E-state index >= 15 is 0 Å². The predicted octanol–water partition coefficient (Wildman–Crippen LogP) is 3.57. The van der Waals surface area contributed by atoms with E-state index in [1.165, 1.54) is 0 Å². The summed E-state index contributed by atoms with van der Waals surface area (Å²) < 4.78 is 3.99. The van der Waals surface area contributed by atoms with Crippen molar-refractivity contribution in [1.82, 2.24) is 19.4 Å². The lowest BCUT2D eigenvalue weighted by Gasteiger charge is -2.16. The second kappa shape index (κ2) is 6.48. The highest BCUT2D eigenvalue weighted by atomic mass is 16.2. The Hall–Kier alpha value is -3.61. The van der Waals surface area contributed by atoms with Gasteiger partial charge in [0.1, 0.15) is 5.69 Å². The Balaban J connectivity index is 1.53. The summed E-state index contributed by atoms with van der Waals surface area (Å²) in [5, 5.41) is 6.76. The number of benzene rings is 2. The van der Waals surface area contributed by atoms with Crippen molar-refractivity contribution in [1.29, 1.82) is 0 Å². The van der Waals surface area contributed by atoms with Crippen LogP contribution in [0.3, 0.4) is 0 Å². The number of nitrogens with zero attached hydrogens (tertiary/aromatic N) is 3. The number of carbonyl (C=O) groups is 2. The van der Waals surface area contributed by atoms with E-state index in [1.807, 2.05) is 51.6 Å². The van der Waals surface area contributed by atoms with E-state index in [-0.39, 0.29) is 17.9 Å². The van der Waals surface area contributed by atoms with Gasteiger partial charge in [-0.25, -0.2) is 4.98 Å². The van der Waals surface area contributed by atoms with E-state index in [9.17, 15) is 9.59 Å². The normalized spacial score (nSPS) is 13.7. The van der Waals surface area contributed by atoms with Crippen molar-refractivity contribution >= 4 is 39.7 Å². The Morgan fingerprint density at radius 1 is 1.14 bits per heavy atom. The van der Waals surface area contributed by atoms with E-state index in [0.29, 0.717) is 30.3 Å². The summed E-state index contributed by atoms with van der Waals surface area (Å²) in [5.74, 6) is 0.229. The van der Waals surface area contributed by atoms with Crippen LogP contribution in [0.2, 0.25) is 0 Å². The van der Waals surface area contributed by atoms with Crippen molar-refractivity contribution in [3.8, 4) is 0 Å². The lowest BCUT2D eigenvalue weighted by atomic mass is 10.1. The largest absolute Gasteiger partial charge is 0.349 e. The molecule has 0 bridgehead atoms. The highest BCUT2D eigenvalue weighted by Gasteiger charge is 2.21. The van der Waals surface area contributed by atoms with Crippen LogP contribution in [-0.2, 0) is 6.54 Å². The molecule has 7 heteroatoms. The molecule has 4 aromatic rings. The summed E-state index contributed by atoms with van der Waals surface area (Å²) in [5.41, 5.74) is 3.88. The first-order valence-corrected chi connectivity index (χ1v) is 9.73. The first-order valence-electron chi connectivity index (χ1n) is 9.73. The van der Waals surface area contributed by atoms with Crippen LogP contribution in [0.1, 0.15) is 40.7 Å². The third kappa shape index (κ3) is 2.77. The molecule has 1 aliphatic heterocycles. The van der Waals surface area contributed by atoms with Crippen molar-refractivity contribution in [2.45, 2.75) is 26.4 Å². The zero-order chi connectivity index (χ0) is 20.1. The molecule has 0 spiro atoms. The zero-order valence-electron chi connectivity index (χ0n) is 16.3. The van der Waals surface area contributed by atoms with Gasteiger partial charge in [-0.2, -0.15) is 0 Å². The SMILES string of the molecule is CC(C)n1c(NC(=O)c2ccc3cc4n(c3c2)CCNC4=O)nc2ccccc21. The summed E-state index contributed by atoms with van der Waals surface area (Å²) in [7, 11) is 0. The first-order chi connectivity index (χ1) is 14.0. The van der Waals surface area contributed by atoms with Gasteiger partial charge >= 0.3 is 0 Å². The molecule has 2 amide bonds. The number of hydrogen-bond acceptors (Lipinski definition) is 3. The van der Waals surface area contributed by atoms with E-state index in [1.54, 1.807) is 6.07 Å². The van der Waals surface area contributed by atoms with Crippen LogP contribution < -0.4 is 10.6 Å². The van der Waals surface area contributed by atoms with Crippen molar-refractivity contribution < 1.29 is 9.59 Å². The van der Waals surface area contributed by atoms with E-state index < -0.39 is 0 Å². The maximum Gasteiger partial charge on any atom is 0.268 e. The molecule has 7 nitrogen and oxygen atoms in total. The monoisotopic (exact) mass is 387 g/mol. The number of para-hydroxylation sites is 2. The van der Waals surface area contributed by atoms with Crippen LogP contribution in [0.15, 0.2) is 48.5 Å². The molecule has 1 aliphatic rings. The molecule has 2 N–H and O–H groups in total. The van der Waals surface area contributed by atoms with Gasteiger partial charge in [0, 0.05) is 35.6 Å². The third-order valence-electron chi connectivity index (χ3n) is 5.36. The molecule has 2 aromatic heterocycles. The molecule has 3 heterocycles. The smallest absolute Gasteiger partial charge is 0.268 e. The van der Waals surface area contributed by atoms with Gasteiger partial charge in [-0.3, -0.25) is 14.9 Å². The predicted molar refractivity (Wildman–Crippen MR) is 112 cm³/mol. The standard InChI is InChI=1S/C22H21N5O2/c1-13(2)27-17-6-4-3-5-16(17)24-22(27)25-20(28)15-8-7-14-11-19-21(29)23-9-10-26(19)18(14)12-15/h3-8,11-13H,9-10H2,1-2H3,(H,23,29)(H,24,25,28). The van der Waals surface area contributed by atoms with Crippen molar-refractivity contribution in [2.24, 2.45) is 0 Å². The maximum absolute atomic E-state index is 13.0. The van der Waals surface area contributed by atoms with Crippen molar-refractivity contribution in [3.05, 3.63) is 59.8 Å². The number of imidazole rings is 1. The van der Waals surface area contributed by atoms with E-state index in [0.717, 1.165) is 21.9 Å². The number of fused-ring (bicyclic) bond motifs is 4. The van der Waals surface area contributed by atoms with Gasteiger partial charge in [-0.15, -0.1) is 0 Å². The molecular weight excluding hydrogens is 366 g/mol. The Kier molecular flexibility index (Phi) is 3.91. The second-order valence-electron chi connectivity index (χ2n) is 7.55. The minimum atomic E-state index is -0.222. The van der Waals surface area contributed by atoms with Gasteiger partial charge in [0.15, 0.2) is 0 Å². The average Bonchev–Trinajstić information content (AvgIpc) is 3.26. The topological polar surface area (TPSA) is 81.0 Å². The fourth-order valence-corrected chi connectivity index (χ4v) is 4.03. The Labute approximate surface area is 167 Å². The number of nitrogens with one attached hydrogen (secondary N) is 2. The molecule has 0 fully saturated rings. The molecule has 0 saturated heterocycles. The number of aromatic nitrogens is 3. The molecular formula is C22H21N5O2. The average molecular weight is 387 g/mol. The van der Waals surface area contributed by atoms with Crippen LogP contribution >= 0.6 is 0 Å². The molecule has 0 aliphatic carbocycles. The summed E-state index contributed by atoms with van der Waals surface area (Å²) in [6.07, 6.45) is 0. The number of carbonyl (C=O) groups excluding carboxylic acids is 2.